The molecule has 1 aromatic rings. The lowest BCUT2D eigenvalue weighted by atomic mass is 10.0. The van der Waals surface area contributed by atoms with Crippen LogP contribution in [0.1, 0.15) is 25.8 Å². The topological polar surface area (TPSA) is 82.2 Å². The first-order chi connectivity index (χ1) is 9.93. The summed E-state index contributed by atoms with van der Waals surface area (Å²) in [6.45, 7) is 5.24. The number of carbonyl (C=O) groups excluding carboxylic acids is 1. The predicted octanol–water partition coefficient (Wildman–Crippen LogP) is 1.80. The number of carbonyl (C=O) groups is 1. The molecule has 0 heterocycles. The maximum Gasteiger partial charge on any atom is 0.238 e. The molecule has 1 rings (SSSR count). The Bertz CT molecular complexity index is 507. The van der Waals surface area contributed by atoms with Crippen LogP contribution in [0.25, 0.3) is 0 Å². The Morgan fingerprint density at radius 3 is 2.71 bits per heavy atom. The third-order valence-electron chi connectivity index (χ3n) is 3.44. The van der Waals surface area contributed by atoms with Gasteiger partial charge in [0.25, 0.3) is 0 Å². The molecule has 114 valence electrons. The van der Waals surface area contributed by atoms with E-state index in [1.807, 2.05) is 11.9 Å². The number of nitrogens with zero attached hydrogens (tertiary/aromatic N) is 2. The smallest absolute Gasteiger partial charge is 0.238 e. The first-order valence-electron chi connectivity index (χ1n) is 7.17. The predicted molar refractivity (Wildman–Crippen MR) is 84.7 cm³/mol. The van der Waals surface area contributed by atoms with Crippen LogP contribution in [0.15, 0.2) is 24.3 Å². The highest BCUT2D eigenvalue weighted by molar-refractivity contribution is 5.93. The average Bonchev–Trinajstić information content (AvgIpc) is 2.45. The van der Waals surface area contributed by atoms with Crippen LogP contribution in [0, 0.1) is 17.2 Å². The van der Waals surface area contributed by atoms with Gasteiger partial charge in [0, 0.05) is 6.04 Å². The molecule has 0 aromatic heterocycles. The zero-order valence-corrected chi connectivity index (χ0v) is 13.0. The van der Waals surface area contributed by atoms with Crippen molar-refractivity contribution >= 4 is 11.6 Å². The Hall–Kier alpha value is -1.90. The van der Waals surface area contributed by atoms with Crippen molar-refractivity contribution in [3.63, 3.8) is 0 Å². The fourth-order valence-electron chi connectivity index (χ4n) is 1.91. The van der Waals surface area contributed by atoms with E-state index in [4.69, 9.17) is 11.0 Å². The number of nitrogens with one attached hydrogen (secondary N) is 1. The van der Waals surface area contributed by atoms with Crippen molar-refractivity contribution in [2.75, 3.05) is 25.5 Å². The lowest BCUT2D eigenvalue weighted by Crippen LogP contribution is -2.35. The van der Waals surface area contributed by atoms with Crippen LogP contribution in [-0.4, -0.2) is 37.0 Å². The van der Waals surface area contributed by atoms with Crippen molar-refractivity contribution in [2.45, 2.75) is 26.3 Å². The van der Waals surface area contributed by atoms with Gasteiger partial charge in [-0.25, -0.2) is 0 Å². The van der Waals surface area contributed by atoms with E-state index in [1.165, 1.54) is 0 Å². The molecule has 3 N–H and O–H groups in total. The lowest BCUT2D eigenvalue weighted by Gasteiger charge is -2.21. The minimum atomic E-state index is -0.127. The summed E-state index contributed by atoms with van der Waals surface area (Å²) >= 11 is 0. The van der Waals surface area contributed by atoms with Gasteiger partial charge in [0.05, 0.1) is 17.8 Å². The van der Waals surface area contributed by atoms with Gasteiger partial charge in [0.1, 0.15) is 6.07 Å². The van der Waals surface area contributed by atoms with Crippen LogP contribution in [0.2, 0.25) is 0 Å². The number of hydrogen-bond acceptors (Lipinski definition) is 4. The van der Waals surface area contributed by atoms with Crippen molar-refractivity contribution in [2.24, 2.45) is 11.7 Å². The molecule has 5 nitrogen and oxygen atoms in total. The second-order valence-corrected chi connectivity index (χ2v) is 5.64. The maximum atomic E-state index is 12.0. The van der Waals surface area contributed by atoms with E-state index in [0.717, 1.165) is 13.0 Å². The number of anilines is 1. The number of benzene rings is 1. The standard InChI is InChI=1S/C16H24N4O/c1-12(2)14(18)8-9-20(3)11-16(21)19-15-7-5-4-6-13(15)10-17/h4-7,12,14H,8-9,11,18H2,1-3H3,(H,19,21). The van der Waals surface area contributed by atoms with Gasteiger partial charge >= 0.3 is 0 Å². The summed E-state index contributed by atoms with van der Waals surface area (Å²) < 4.78 is 0. The van der Waals surface area contributed by atoms with Crippen LogP contribution in [0.4, 0.5) is 5.69 Å². The van der Waals surface area contributed by atoms with Crippen molar-refractivity contribution in [3.05, 3.63) is 29.8 Å². The van der Waals surface area contributed by atoms with Crippen molar-refractivity contribution in [1.29, 1.82) is 5.26 Å². The second-order valence-electron chi connectivity index (χ2n) is 5.64. The number of para-hydroxylation sites is 1. The number of hydrogen-bond donors (Lipinski definition) is 2. The summed E-state index contributed by atoms with van der Waals surface area (Å²) in [5.74, 6) is 0.313. The molecule has 1 unspecified atom stereocenters. The Balaban J connectivity index is 2.45. The van der Waals surface area contributed by atoms with E-state index in [0.29, 0.717) is 17.2 Å². The van der Waals surface area contributed by atoms with Crippen molar-refractivity contribution < 1.29 is 4.79 Å². The first kappa shape index (κ1) is 17.2. The van der Waals surface area contributed by atoms with E-state index in [9.17, 15) is 4.79 Å². The maximum absolute atomic E-state index is 12.0. The monoisotopic (exact) mass is 288 g/mol. The third kappa shape index (κ3) is 5.94. The van der Waals surface area contributed by atoms with Crippen LogP contribution in [0.3, 0.4) is 0 Å². The minimum absolute atomic E-state index is 0.127. The van der Waals surface area contributed by atoms with E-state index in [2.05, 4.69) is 25.2 Å². The van der Waals surface area contributed by atoms with E-state index in [-0.39, 0.29) is 18.5 Å². The number of rotatable bonds is 7. The third-order valence-corrected chi connectivity index (χ3v) is 3.44. The molecule has 0 spiro atoms. The Labute approximate surface area is 126 Å². The molecule has 21 heavy (non-hydrogen) atoms. The molecule has 0 fully saturated rings. The molecule has 0 bridgehead atoms. The van der Waals surface area contributed by atoms with Crippen LogP contribution in [-0.2, 0) is 4.79 Å². The average molecular weight is 288 g/mol. The molecule has 0 radical (unpaired) electrons. The summed E-state index contributed by atoms with van der Waals surface area (Å²) in [4.78, 5) is 13.9. The summed E-state index contributed by atoms with van der Waals surface area (Å²) in [6.07, 6.45) is 0.857. The molecule has 1 aromatic carbocycles. The number of nitrogens with two attached hydrogens (primary N) is 1. The highest BCUT2D eigenvalue weighted by Gasteiger charge is 2.12. The molecule has 0 aliphatic carbocycles. The Kier molecular flexibility index (Phi) is 6.86. The zero-order valence-electron chi connectivity index (χ0n) is 13.0. The number of nitriles is 1. The Morgan fingerprint density at radius 1 is 1.43 bits per heavy atom. The van der Waals surface area contributed by atoms with Gasteiger partial charge in [-0.15, -0.1) is 0 Å². The molecule has 5 heteroatoms. The number of likely N-dealkylation sites (N-methyl/N-ethyl adjacent to an activating group) is 1. The molecule has 0 saturated heterocycles. The minimum Gasteiger partial charge on any atom is -0.327 e. The molecule has 1 atom stereocenters. The van der Waals surface area contributed by atoms with E-state index >= 15 is 0 Å². The summed E-state index contributed by atoms with van der Waals surface area (Å²) in [5, 5.41) is 11.8. The quantitative estimate of drug-likeness (QED) is 0.801. The summed E-state index contributed by atoms with van der Waals surface area (Å²) in [5.41, 5.74) is 7.01. The fourth-order valence-corrected chi connectivity index (χ4v) is 1.91. The van der Waals surface area contributed by atoms with Gasteiger partial charge in [-0.2, -0.15) is 5.26 Å². The normalized spacial score (nSPS) is 12.2. The van der Waals surface area contributed by atoms with Gasteiger partial charge in [0.2, 0.25) is 5.91 Å². The van der Waals surface area contributed by atoms with E-state index < -0.39 is 0 Å². The fraction of sp³-hybridized carbons (Fsp3) is 0.500. The molecule has 0 aliphatic heterocycles. The van der Waals surface area contributed by atoms with Crippen molar-refractivity contribution in [3.8, 4) is 6.07 Å². The molecular formula is C16H24N4O. The van der Waals surface area contributed by atoms with Gasteiger partial charge in [-0.1, -0.05) is 26.0 Å². The highest BCUT2D eigenvalue weighted by Crippen LogP contribution is 2.13. The molecule has 1 amide bonds. The first-order valence-corrected chi connectivity index (χ1v) is 7.17. The van der Waals surface area contributed by atoms with Crippen molar-refractivity contribution in [1.82, 2.24) is 4.90 Å². The molecule has 0 saturated carbocycles. The SMILES string of the molecule is CC(C)C(N)CCN(C)CC(=O)Nc1ccccc1C#N. The lowest BCUT2D eigenvalue weighted by molar-refractivity contribution is -0.117. The Morgan fingerprint density at radius 2 is 2.10 bits per heavy atom. The van der Waals surface area contributed by atoms with Crippen LogP contribution < -0.4 is 11.1 Å². The van der Waals surface area contributed by atoms with E-state index in [1.54, 1.807) is 24.3 Å². The molecular weight excluding hydrogens is 264 g/mol. The number of amides is 1. The zero-order chi connectivity index (χ0) is 15.8. The second kappa shape index (κ2) is 8.40. The summed E-state index contributed by atoms with van der Waals surface area (Å²) in [7, 11) is 1.89. The van der Waals surface area contributed by atoms with Gasteiger partial charge < -0.3 is 11.1 Å². The van der Waals surface area contributed by atoms with Gasteiger partial charge in [-0.3, -0.25) is 9.69 Å². The van der Waals surface area contributed by atoms with Crippen LogP contribution >= 0.6 is 0 Å². The highest BCUT2D eigenvalue weighted by atomic mass is 16.2. The largest absolute Gasteiger partial charge is 0.327 e. The van der Waals surface area contributed by atoms with Gasteiger partial charge in [-0.05, 0) is 38.1 Å². The summed E-state index contributed by atoms with van der Waals surface area (Å²) in [6, 6.07) is 9.18. The molecule has 0 aliphatic rings. The van der Waals surface area contributed by atoms with Gasteiger partial charge in [0.15, 0.2) is 0 Å². The van der Waals surface area contributed by atoms with Crippen LogP contribution in [0.5, 0.6) is 0 Å².